The highest BCUT2D eigenvalue weighted by atomic mass is 16.4. The van der Waals surface area contributed by atoms with Crippen LogP contribution < -0.4 is 10.9 Å². The molecule has 1 aromatic heterocycles. The first-order chi connectivity index (χ1) is 7.00. The summed E-state index contributed by atoms with van der Waals surface area (Å²) >= 11 is 0. The van der Waals surface area contributed by atoms with Crippen molar-refractivity contribution in [2.45, 2.75) is 6.92 Å². The fourth-order valence-corrected chi connectivity index (χ4v) is 0.898. The van der Waals surface area contributed by atoms with E-state index in [1.165, 1.54) is 6.20 Å². The Bertz CT molecular complexity index is 451. The van der Waals surface area contributed by atoms with Crippen molar-refractivity contribution in [2.75, 3.05) is 6.54 Å². The fraction of sp³-hybridized carbons (Fsp3) is 0.250. The zero-order valence-electron chi connectivity index (χ0n) is 7.93. The number of carboxylic acids is 1. The van der Waals surface area contributed by atoms with Crippen LogP contribution in [0.1, 0.15) is 5.69 Å². The largest absolute Gasteiger partial charge is 0.480 e. The molecule has 0 radical (unpaired) electrons. The SMILES string of the molecule is Cc1cn(C(=O)NCC(=O)O)c(=O)cn1. The molecule has 7 heteroatoms. The van der Waals surface area contributed by atoms with Crippen LogP contribution in [0.2, 0.25) is 0 Å². The summed E-state index contributed by atoms with van der Waals surface area (Å²) in [5.41, 5.74) is -0.122. The van der Waals surface area contributed by atoms with Gasteiger partial charge >= 0.3 is 12.0 Å². The number of amides is 1. The zero-order valence-corrected chi connectivity index (χ0v) is 7.93. The van der Waals surface area contributed by atoms with Crippen LogP contribution in [0.4, 0.5) is 4.79 Å². The predicted molar refractivity (Wildman–Crippen MR) is 49.7 cm³/mol. The van der Waals surface area contributed by atoms with Gasteiger partial charge in [-0.05, 0) is 6.92 Å². The van der Waals surface area contributed by atoms with Gasteiger partial charge < -0.3 is 10.4 Å². The molecule has 1 amide bonds. The number of carbonyl (C=O) groups excluding carboxylic acids is 1. The molecular formula is C8H9N3O4. The van der Waals surface area contributed by atoms with E-state index in [4.69, 9.17) is 5.11 Å². The van der Waals surface area contributed by atoms with Crippen LogP contribution in [0, 0.1) is 6.92 Å². The number of hydrogen-bond acceptors (Lipinski definition) is 4. The number of carboxylic acid groups (broad SMARTS) is 1. The van der Waals surface area contributed by atoms with Gasteiger partial charge in [0.15, 0.2) is 0 Å². The second-order valence-electron chi connectivity index (χ2n) is 2.79. The molecule has 0 saturated carbocycles. The molecule has 0 aliphatic rings. The Morgan fingerprint density at radius 2 is 2.27 bits per heavy atom. The van der Waals surface area contributed by atoms with Crippen molar-refractivity contribution in [1.82, 2.24) is 14.9 Å². The molecule has 80 valence electrons. The zero-order chi connectivity index (χ0) is 11.4. The van der Waals surface area contributed by atoms with Crippen LogP contribution in [-0.4, -0.2) is 33.2 Å². The molecule has 0 unspecified atom stereocenters. The van der Waals surface area contributed by atoms with Gasteiger partial charge in [-0.15, -0.1) is 0 Å². The van der Waals surface area contributed by atoms with E-state index in [-0.39, 0.29) is 0 Å². The molecule has 2 N–H and O–H groups in total. The summed E-state index contributed by atoms with van der Waals surface area (Å²) in [5.74, 6) is -1.18. The van der Waals surface area contributed by atoms with Crippen LogP contribution in [0.3, 0.4) is 0 Å². The van der Waals surface area contributed by atoms with Gasteiger partial charge in [0.05, 0.1) is 11.9 Å². The summed E-state index contributed by atoms with van der Waals surface area (Å²) in [7, 11) is 0. The maximum absolute atomic E-state index is 11.3. The molecule has 0 spiro atoms. The molecular weight excluding hydrogens is 202 g/mol. The summed E-state index contributed by atoms with van der Waals surface area (Å²) in [6.07, 6.45) is 2.23. The summed E-state index contributed by atoms with van der Waals surface area (Å²) < 4.78 is 0.769. The lowest BCUT2D eigenvalue weighted by atomic mass is 10.5. The number of aryl methyl sites for hydroxylation is 1. The van der Waals surface area contributed by atoms with Crippen molar-refractivity contribution in [1.29, 1.82) is 0 Å². The first-order valence-electron chi connectivity index (χ1n) is 4.06. The molecule has 1 heterocycles. The van der Waals surface area contributed by atoms with Crippen molar-refractivity contribution in [3.8, 4) is 0 Å². The molecule has 1 rings (SSSR count). The van der Waals surface area contributed by atoms with Crippen LogP contribution in [0.5, 0.6) is 0 Å². The van der Waals surface area contributed by atoms with Crippen LogP contribution >= 0.6 is 0 Å². The van der Waals surface area contributed by atoms with E-state index >= 15 is 0 Å². The number of rotatable bonds is 2. The average Bonchev–Trinajstić information content (AvgIpc) is 2.18. The molecule has 1 aromatic rings. The Labute approximate surface area is 84.4 Å². The first kappa shape index (κ1) is 10.9. The molecule has 0 atom stereocenters. The quantitative estimate of drug-likeness (QED) is 0.666. The monoisotopic (exact) mass is 211 g/mol. The smallest absolute Gasteiger partial charge is 0.329 e. The summed E-state index contributed by atoms with van der Waals surface area (Å²) in [6.45, 7) is 1.08. The molecule has 0 bridgehead atoms. The highest BCUT2D eigenvalue weighted by molar-refractivity contribution is 5.81. The van der Waals surface area contributed by atoms with Gasteiger partial charge in [-0.25, -0.2) is 9.36 Å². The van der Waals surface area contributed by atoms with Gasteiger partial charge in [-0.3, -0.25) is 14.6 Å². The summed E-state index contributed by atoms with van der Waals surface area (Å²) in [5, 5.41) is 10.4. The van der Waals surface area contributed by atoms with E-state index < -0.39 is 24.1 Å². The maximum Gasteiger partial charge on any atom is 0.329 e. The first-order valence-corrected chi connectivity index (χ1v) is 4.06. The standard InChI is InChI=1S/C8H9N3O4/c1-5-4-11(6(12)2-9-5)8(15)10-3-7(13)14/h2,4H,3H2,1H3,(H,10,15)(H,13,14). The van der Waals surface area contributed by atoms with E-state index in [0.717, 1.165) is 10.8 Å². The Hall–Kier alpha value is -2.18. The number of nitrogens with one attached hydrogen (secondary N) is 1. The third-order valence-corrected chi connectivity index (χ3v) is 1.54. The number of aliphatic carboxylic acids is 1. The Morgan fingerprint density at radius 3 is 2.87 bits per heavy atom. The van der Waals surface area contributed by atoms with E-state index in [1.807, 2.05) is 0 Å². The Morgan fingerprint density at radius 1 is 1.60 bits per heavy atom. The van der Waals surface area contributed by atoms with Crippen LogP contribution in [0.25, 0.3) is 0 Å². The maximum atomic E-state index is 11.3. The second-order valence-corrected chi connectivity index (χ2v) is 2.79. The minimum atomic E-state index is -1.18. The lowest BCUT2D eigenvalue weighted by Gasteiger charge is -2.04. The van der Waals surface area contributed by atoms with E-state index in [0.29, 0.717) is 5.69 Å². The molecule has 7 nitrogen and oxygen atoms in total. The highest BCUT2D eigenvalue weighted by Crippen LogP contribution is 1.86. The normalized spacial score (nSPS) is 9.67. The average molecular weight is 211 g/mol. The van der Waals surface area contributed by atoms with E-state index in [1.54, 1.807) is 6.92 Å². The highest BCUT2D eigenvalue weighted by Gasteiger charge is 2.08. The fourth-order valence-electron chi connectivity index (χ4n) is 0.898. The Balaban J connectivity index is 2.86. The van der Waals surface area contributed by atoms with E-state index in [9.17, 15) is 14.4 Å². The van der Waals surface area contributed by atoms with Gasteiger partial charge in [0.25, 0.3) is 5.56 Å². The van der Waals surface area contributed by atoms with Crippen molar-refractivity contribution >= 4 is 12.0 Å². The number of hydrogen-bond donors (Lipinski definition) is 2. The van der Waals surface area contributed by atoms with E-state index in [2.05, 4.69) is 10.3 Å². The lowest BCUT2D eigenvalue weighted by Crippen LogP contribution is -2.38. The number of carbonyl (C=O) groups is 2. The number of aromatic nitrogens is 2. The summed E-state index contributed by atoms with van der Waals surface area (Å²) in [6, 6.07) is -0.784. The molecule has 15 heavy (non-hydrogen) atoms. The minimum Gasteiger partial charge on any atom is -0.480 e. The molecule has 0 saturated heterocycles. The van der Waals surface area contributed by atoms with Gasteiger partial charge in [0, 0.05) is 6.20 Å². The van der Waals surface area contributed by atoms with Gasteiger partial charge in [0.2, 0.25) is 0 Å². The molecule has 0 aliphatic carbocycles. The van der Waals surface area contributed by atoms with Crippen molar-refractivity contribution < 1.29 is 14.7 Å². The molecule has 0 aromatic carbocycles. The predicted octanol–water partition coefficient (Wildman–Crippen LogP) is -0.806. The third-order valence-electron chi connectivity index (χ3n) is 1.54. The molecule has 0 aliphatic heterocycles. The number of nitrogens with zero attached hydrogens (tertiary/aromatic N) is 2. The topological polar surface area (TPSA) is 101 Å². The minimum absolute atomic E-state index is 0.486. The van der Waals surface area contributed by atoms with Crippen molar-refractivity contribution in [2.24, 2.45) is 0 Å². The lowest BCUT2D eigenvalue weighted by molar-refractivity contribution is -0.135. The second kappa shape index (κ2) is 4.36. The van der Waals surface area contributed by atoms with Gasteiger partial charge in [0.1, 0.15) is 6.54 Å². The Kier molecular flexibility index (Phi) is 3.17. The van der Waals surface area contributed by atoms with Crippen molar-refractivity contribution in [3.05, 3.63) is 28.4 Å². The van der Waals surface area contributed by atoms with Gasteiger partial charge in [-0.1, -0.05) is 0 Å². The van der Waals surface area contributed by atoms with Crippen LogP contribution in [0.15, 0.2) is 17.2 Å². The summed E-state index contributed by atoms with van der Waals surface area (Å²) in [4.78, 5) is 36.3. The van der Waals surface area contributed by atoms with Crippen LogP contribution in [-0.2, 0) is 4.79 Å². The third kappa shape index (κ3) is 2.90. The molecule has 0 fully saturated rings. The van der Waals surface area contributed by atoms with Crippen molar-refractivity contribution in [3.63, 3.8) is 0 Å². The van der Waals surface area contributed by atoms with Gasteiger partial charge in [-0.2, -0.15) is 0 Å².